The van der Waals surface area contributed by atoms with Crippen LogP contribution in [0.1, 0.15) is 49.9 Å². The number of aromatic nitrogens is 1. The van der Waals surface area contributed by atoms with Crippen molar-refractivity contribution in [2.24, 2.45) is 0 Å². The minimum Gasteiger partial charge on any atom is -0.377 e. The molecule has 1 aromatic heterocycles. The van der Waals surface area contributed by atoms with Crippen molar-refractivity contribution < 1.29 is 0 Å². The quantitative estimate of drug-likeness (QED) is 0.859. The third-order valence-electron chi connectivity index (χ3n) is 3.28. The van der Waals surface area contributed by atoms with Crippen LogP contribution in [0.5, 0.6) is 0 Å². The second-order valence-electron chi connectivity index (χ2n) is 5.96. The van der Waals surface area contributed by atoms with E-state index in [0.717, 1.165) is 5.69 Å². The van der Waals surface area contributed by atoms with Crippen LogP contribution in [0.15, 0.2) is 29.8 Å². The van der Waals surface area contributed by atoms with Crippen LogP contribution in [0.4, 0.5) is 5.69 Å². The molecule has 1 aromatic carbocycles. The first-order valence-electron chi connectivity index (χ1n) is 6.65. The van der Waals surface area contributed by atoms with Crippen LogP contribution >= 0.6 is 11.3 Å². The molecule has 0 aliphatic heterocycles. The molecule has 3 heteroatoms. The first-order chi connectivity index (χ1) is 8.89. The lowest BCUT2D eigenvalue weighted by atomic mass is 9.85. The van der Waals surface area contributed by atoms with Gasteiger partial charge >= 0.3 is 0 Å². The van der Waals surface area contributed by atoms with E-state index in [4.69, 9.17) is 0 Å². The van der Waals surface area contributed by atoms with Gasteiger partial charge in [-0.05, 0) is 30.9 Å². The van der Waals surface area contributed by atoms with Crippen LogP contribution in [0.25, 0.3) is 0 Å². The lowest BCUT2D eigenvalue weighted by Crippen LogP contribution is -2.16. The molecule has 2 rings (SSSR count). The number of para-hydroxylation sites is 1. The standard InChI is InChI=1S/C16H22N2S/c1-11-15(19-10-17-11)12(2)18-14-9-7-6-8-13(14)16(3,4)5/h6-10,12,18H,1-5H3. The van der Waals surface area contributed by atoms with Crippen LogP contribution < -0.4 is 5.32 Å². The van der Waals surface area contributed by atoms with Gasteiger partial charge < -0.3 is 5.32 Å². The van der Waals surface area contributed by atoms with E-state index < -0.39 is 0 Å². The van der Waals surface area contributed by atoms with Gasteiger partial charge in [-0.1, -0.05) is 39.0 Å². The number of aryl methyl sites for hydroxylation is 1. The van der Waals surface area contributed by atoms with Crippen molar-refractivity contribution in [2.45, 2.75) is 46.1 Å². The van der Waals surface area contributed by atoms with Gasteiger partial charge in [0.2, 0.25) is 0 Å². The van der Waals surface area contributed by atoms with Crippen LogP contribution in [-0.2, 0) is 5.41 Å². The molecule has 1 heterocycles. The maximum absolute atomic E-state index is 4.33. The number of nitrogens with zero attached hydrogens (tertiary/aromatic N) is 1. The minimum absolute atomic E-state index is 0.145. The maximum atomic E-state index is 4.33. The summed E-state index contributed by atoms with van der Waals surface area (Å²) in [6.45, 7) is 11.0. The van der Waals surface area contributed by atoms with Crippen LogP contribution in [0.3, 0.4) is 0 Å². The Morgan fingerprint density at radius 1 is 1.21 bits per heavy atom. The van der Waals surface area contributed by atoms with Crippen molar-refractivity contribution >= 4 is 17.0 Å². The predicted molar refractivity (Wildman–Crippen MR) is 84.0 cm³/mol. The number of hydrogen-bond donors (Lipinski definition) is 1. The number of benzene rings is 1. The minimum atomic E-state index is 0.145. The summed E-state index contributed by atoms with van der Waals surface area (Å²) >= 11 is 1.72. The lowest BCUT2D eigenvalue weighted by molar-refractivity contribution is 0.591. The van der Waals surface area contributed by atoms with Gasteiger partial charge in [-0.15, -0.1) is 11.3 Å². The molecule has 0 aliphatic carbocycles. The molecule has 2 nitrogen and oxygen atoms in total. The van der Waals surface area contributed by atoms with Gasteiger partial charge in [0.1, 0.15) is 0 Å². The van der Waals surface area contributed by atoms with Gasteiger partial charge in [-0.3, -0.25) is 0 Å². The molecule has 0 saturated heterocycles. The van der Waals surface area contributed by atoms with Crippen LogP contribution in [0, 0.1) is 6.92 Å². The smallest absolute Gasteiger partial charge is 0.0798 e. The molecule has 102 valence electrons. The Morgan fingerprint density at radius 2 is 1.89 bits per heavy atom. The van der Waals surface area contributed by atoms with Crippen molar-refractivity contribution in [3.05, 3.63) is 45.9 Å². The van der Waals surface area contributed by atoms with Crippen LogP contribution in [-0.4, -0.2) is 4.98 Å². The Labute approximate surface area is 119 Å². The third-order valence-corrected chi connectivity index (χ3v) is 4.40. The van der Waals surface area contributed by atoms with E-state index in [0.29, 0.717) is 0 Å². The normalized spacial score (nSPS) is 13.3. The van der Waals surface area contributed by atoms with Crippen LogP contribution in [0.2, 0.25) is 0 Å². The van der Waals surface area contributed by atoms with E-state index in [-0.39, 0.29) is 11.5 Å². The molecule has 1 N–H and O–H groups in total. The molecule has 2 aromatic rings. The van der Waals surface area contributed by atoms with E-state index in [1.165, 1.54) is 16.1 Å². The summed E-state index contributed by atoms with van der Waals surface area (Å²) in [5, 5.41) is 3.63. The van der Waals surface area contributed by atoms with Crippen molar-refractivity contribution in [3.8, 4) is 0 Å². The largest absolute Gasteiger partial charge is 0.377 e. The van der Waals surface area contributed by atoms with Crippen molar-refractivity contribution in [1.82, 2.24) is 4.98 Å². The highest BCUT2D eigenvalue weighted by Crippen LogP contribution is 2.32. The molecule has 0 amide bonds. The summed E-state index contributed by atoms with van der Waals surface area (Å²) < 4.78 is 0. The van der Waals surface area contributed by atoms with E-state index in [1.54, 1.807) is 11.3 Å². The monoisotopic (exact) mass is 274 g/mol. The van der Waals surface area contributed by atoms with Crippen molar-refractivity contribution in [3.63, 3.8) is 0 Å². The number of rotatable bonds is 3. The molecular weight excluding hydrogens is 252 g/mol. The number of nitrogens with one attached hydrogen (secondary N) is 1. The third kappa shape index (κ3) is 3.16. The summed E-state index contributed by atoms with van der Waals surface area (Å²) in [5.41, 5.74) is 5.75. The highest BCUT2D eigenvalue weighted by atomic mass is 32.1. The first kappa shape index (κ1) is 14.1. The summed E-state index contributed by atoms with van der Waals surface area (Å²) in [6, 6.07) is 8.84. The molecule has 1 atom stereocenters. The molecular formula is C16H22N2S. The zero-order valence-corrected chi connectivity index (χ0v) is 13.1. The summed E-state index contributed by atoms with van der Waals surface area (Å²) in [7, 11) is 0. The predicted octanol–water partition coefficient (Wildman–Crippen LogP) is 4.92. The Morgan fingerprint density at radius 3 is 2.47 bits per heavy atom. The van der Waals surface area contributed by atoms with E-state index in [2.05, 4.69) is 69.2 Å². The zero-order valence-electron chi connectivity index (χ0n) is 12.3. The number of anilines is 1. The van der Waals surface area contributed by atoms with Gasteiger partial charge in [-0.2, -0.15) is 0 Å². The van der Waals surface area contributed by atoms with E-state index in [9.17, 15) is 0 Å². The first-order valence-corrected chi connectivity index (χ1v) is 7.53. The van der Waals surface area contributed by atoms with Crippen molar-refractivity contribution in [1.29, 1.82) is 0 Å². The summed E-state index contributed by atoms with van der Waals surface area (Å²) in [6.07, 6.45) is 0. The van der Waals surface area contributed by atoms with E-state index >= 15 is 0 Å². The lowest BCUT2D eigenvalue weighted by Gasteiger charge is -2.25. The molecule has 0 bridgehead atoms. The number of thiazole rings is 1. The maximum Gasteiger partial charge on any atom is 0.0798 e. The highest BCUT2D eigenvalue weighted by Gasteiger charge is 2.19. The molecule has 0 radical (unpaired) electrons. The molecule has 19 heavy (non-hydrogen) atoms. The van der Waals surface area contributed by atoms with Crippen molar-refractivity contribution in [2.75, 3.05) is 5.32 Å². The second kappa shape index (κ2) is 5.33. The zero-order chi connectivity index (χ0) is 14.0. The fraction of sp³-hybridized carbons (Fsp3) is 0.438. The fourth-order valence-electron chi connectivity index (χ4n) is 2.29. The SMILES string of the molecule is Cc1ncsc1C(C)Nc1ccccc1C(C)(C)C. The highest BCUT2D eigenvalue weighted by molar-refractivity contribution is 7.09. The fourth-order valence-corrected chi connectivity index (χ4v) is 3.10. The number of hydrogen-bond acceptors (Lipinski definition) is 3. The molecule has 0 saturated carbocycles. The van der Waals surface area contributed by atoms with E-state index in [1.807, 2.05) is 5.51 Å². The molecule has 1 unspecified atom stereocenters. The Hall–Kier alpha value is -1.35. The average molecular weight is 274 g/mol. The van der Waals surface area contributed by atoms with Gasteiger partial charge in [-0.25, -0.2) is 4.98 Å². The van der Waals surface area contributed by atoms with Gasteiger partial charge in [0.25, 0.3) is 0 Å². The average Bonchev–Trinajstić information content (AvgIpc) is 2.75. The van der Waals surface area contributed by atoms with Gasteiger partial charge in [0, 0.05) is 10.6 Å². The summed E-state index contributed by atoms with van der Waals surface area (Å²) in [5.74, 6) is 0. The van der Waals surface area contributed by atoms with Gasteiger partial charge in [0.15, 0.2) is 0 Å². The topological polar surface area (TPSA) is 24.9 Å². The summed E-state index contributed by atoms with van der Waals surface area (Å²) in [4.78, 5) is 5.64. The Balaban J connectivity index is 2.27. The Kier molecular flexibility index (Phi) is 3.95. The second-order valence-corrected chi connectivity index (χ2v) is 6.85. The van der Waals surface area contributed by atoms with Gasteiger partial charge in [0.05, 0.1) is 17.2 Å². The Bertz CT molecular complexity index is 552. The molecule has 0 spiro atoms. The molecule has 0 aliphatic rings. The molecule has 0 fully saturated rings.